The Hall–Kier alpha value is -2.72. The highest BCUT2D eigenvalue weighted by atomic mass is 31.2. The summed E-state index contributed by atoms with van der Waals surface area (Å²) in [6, 6.07) is 16.9. The average molecular weight is 348 g/mol. The highest BCUT2D eigenvalue weighted by Crippen LogP contribution is 2.51. The van der Waals surface area contributed by atoms with Crippen LogP contribution in [0.4, 0.5) is 0 Å². The van der Waals surface area contributed by atoms with Crippen molar-refractivity contribution in [1.29, 1.82) is 0 Å². The van der Waals surface area contributed by atoms with E-state index in [0.717, 1.165) is 0 Å². The van der Waals surface area contributed by atoms with Gasteiger partial charge in [-0.05, 0) is 24.3 Å². The Morgan fingerprint density at radius 3 is 1.83 bits per heavy atom. The average Bonchev–Trinajstić information content (AvgIpc) is 2.54. The van der Waals surface area contributed by atoms with Gasteiger partial charge in [-0.3, -0.25) is 4.79 Å². The number of esters is 1. The van der Waals surface area contributed by atoms with Crippen LogP contribution in [0.15, 0.2) is 73.0 Å². The zero-order valence-corrected chi connectivity index (χ0v) is 14.0. The molecule has 0 N–H and O–H groups in total. The Bertz CT molecular complexity index is 684. The van der Waals surface area contributed by atoms with Gasteiger partial charge in [-0.1, -0.05) is 43.0 Å². The lowest BCUT2D eigenvalue weighted by molar-refractivity contribution is -0.140. The molecule has 0 saturated heterocycles. The third kappa shape index (κ3) is 5.82. The number of ether oxygens (including phenoxy) is 1. The van der Waals surface area contributed by atoms with Crippen molar-refractivity contribution in [2.24, 2.45) is 0 Å². The molecule has 0 aliphatic rings. The molecule has 0 aliphatic carbocycles. The Balaban J connectivity index is 2.15. The predicted octanol–water partition coefficient (Wildman–Crippen LogP) is 4.35. The molecule has 0 bridgehead atoms. The molecular weight excluding hydrogens is 331 g/mol. The van der Waals surface area contributed by atoms with Crippen LogP contribution < -0.4 is 9.05 Å². The van der Waals surface area contributed by atoms with Crippen molar-refractivity contribution in [3.63, 3.8) is 0 Å². The van der Waals surface area contributed by atoms with Gasteiger partial charge >= 0.3 is 13.8 Å². The molecular formula is C17H17O6P. The molecule has 0 heterocycles. The molecule has 0 spiro atoms. The number of hydrogen-bond acceptors (Lipinski definition) is 6. The molecule has 0 unspecified atom stereocenters. The lowest BCUT2D eigenvalue weighted by Crippen LogP contribution is -2.09. The fourth-order valence-electron chi connectivity index (χ4n) is 1.64. The van der Waals surface area contributed by atoms with Crippen LogP contribution >= 0.6 is 7.82 Å². The Morgan fingerprint density at radius 2 is 1.42 bits per heavy atom. The van der Waals surface area contributed by atoms with E-state index >= 15 is 0 Å². The molecule has 0 aliphatic heterocycles. The number of benzene rings is 2. The van der Waals surface area contributed by atoms with E-state index in [1.54, 1.807) is 60.7 Å². The largest absolute Gasteiger partial charge is 0.646 e. The lowest BCUT2D eigenvalue weighted by atomic mass is 10.3. The molecule has 0 aromatic heterocycles. The summed E-state index contributed by atoms with van der Waals surface area (Å²) in [5.41, 5.74) is 0. The van der Waals surface area contributed by atoms with E-state index in [1.807, 2.05) is 0 Å². The zero-order valence-electron chi connectivity index (χ0n) is 13.1. The monoisotopic (exact) mass is 348 g/mol. The standard InChI is InChI=1S/C17H17O6P/c1-14(13-20-15(2)18)21-24(19,22-16-9-5-3-6-10-16)23-17-11-7-4-8-12-17/h3-12H,1,13H2,2H3. The van der Waals surface area contributed by atoms with Crippen LogP contribution in [-0.4, -0.2) is 12.6 Å². The Morgan fingerprint density at radius 1 is 0.958 bits per heavy atom. The molecule has 2 aromatic carbocycles. The van der Waals surface area contributed by atoms with Gasteiger partial charge in [0, 0.05) is 6.92 Å². The first-order chi connectivity index (χ1) is 11.5. The van der Waals surface area contributed by atoms with Crippen molar-refractivity contribution in [1.82, 2.24) is 0 Å². The van der Waals surface area contributed by atoms with Crippen molar-refractivity contribution >= 4 is 13.8 Å². The molecule has 0 fully saturated rings. The first kappa shape index (κ1) is 17.6. The van der Waals surface area contributed by atoms with Gasteiger partial charge in [0.15, 0.2) is 0 Å². The molecule has 24 heavy (non-hydrogen) atoms. The molecule has 6 nitrogen and oxygen atoms in total. The van der Waals surface area contributed by atoms with Gasteiger partial charge in [-0.25, -0.2) is 0 Å². The molecule has 0 atom stereocenters. The van der Waals surface area contributed by atoms with E-state index in [0.29, 0.717) is 11.5 Å². The minimum atomic E-state index is -4.07. The third-order valence-corrected chi connectivity index (χ3v) is 3.95. The maximum Gasteiger partial charge on any atom is 0.646 e. The Labute approximate surface area is 140 Å². The second-order valence-corrected chi connectivity index (χ2v) is 6.11. The molecule has 2 aromatic rings. The topological polar surface area (TPSA) is 71.1 Å². The van der Waals surface area contributed by atoms with Gasteiger partial charge < -0.3 is 18.3 Å². The molecule has 0 radical (unpaired) electrons. The molecule has 0 amide bonds. The maximum atomic E-state index is 12.9. The Kier molecular flexibility index (Phi) is 6.04. The minimum Gasteiger partial charge on any atom is -0.458 e. The summed E-state index contributed by atoms with van der Waals surface area (Å²) in [5.74, 6) is 0.0389. The third-order valence-electron chi connectivity index (χ3n) is 2.60. The van der Waals surface area contributed by atoms with E-state index in [1.165, 1.54) is 6.92 Å². The van der Waals surface area contributed by atoms with Crippen LogP contribution in [0.5, 0.6) is 11.5 Å². The fourth-order valence-corrected chi connectivity index (χ4v) is 2.88. The number of carbonyl (C=O) groups is 1. The second-order valence-electron chi connectivity index (χ2n) is 4.67. The van der Waals surface area contributed by atoms with Crippen LogP contribution in [-0.2, 0) is 18.6 Å². The van der Waals surface area contributed by atoms with Gasteiger partial charge in [-0.15, -0.1) is 0 Å². The van der Waals surface area contributed by atoms with E-state index in [9.17, 15) is 9.36 Å². The lowest BCUT2D eigenvalue weighted by Gasteiger charge is -2.20. The van der Waals surface area contributed by atoms with E-state index in [-0.39, 0.29) is 12.4 Å². The normalized spacial score (nSPS) is 10.5. The van der Waals surface area contributed by atoms with Crippen molar-refractivity contribution < 1.29 is 27.7 Å². The quantitative estimate of drug-likeness (QED) is 0.401. The minimum absolute atomic E-state index is 0.0552. The van der Waals surface area contributed by atoms with E-state index in [4.69, 9.17) is 18.3 Å². The first-order valence-electron chi connectivity index (χ1n) is 7.07. The van der Waals surface area contributed by atoms with Gasteiger partial charge in [0.2, 0.25) is 0 Å². The van der Waals surface area contributed by atoms with Crippen LogP contribution in [0.3, 0.4) is 0 Å². The van der Waals surface area contributed by atoms with Crippen LogP contribution in [0.1, 0.15) is 6.92 Å². The molecule has 2 rings (SSSR count). The highest BCUT2D eigenvalue weighted by molar-refractivity contribution is 7.49. The first-order valence-corrected chi connectivity index (χ1v) is 8.53. The number of phosphoric ester groups is 1. The van der Waals surface area contributed by atoms with Gasteiger partial charge in [0.1, 0.15) is 23.9 Å². The number of rotatable bonds is 8. The summed E-state index contributed by atoms with van der Waals surface area (Å²) in [5, 5.41) is 0. The molecule has 0 saturated carbocycles. The number of para-hydroxylation sites is 2. The smallest absolute Gasteiger partial charge is 0.458 e. The summed E-state index contributed by atoms with van der Waals surface area (Å²) < 4.78 is 33.7. The van der Waals surface area contributed by atoms with Gasteiger partial charge in [0.05, 0.1) is 0 Å². The number of phosphoric acid groups is 1. The predicted molar refractivity (Wildman–Crippen MR) is 88.6 cm³/mol. The van der Waals surface area contributed by atoms with Crippen LogP contribution in [0.25, 0.3) is 0 Å². The number of hydrogen-bond donors (Lipinski definition) is 0. The fraction of sp³-hybridized carbons (Fsp3) is 0.118. The van der Waals surface area contributed by atoms with Gasteiger partial charge in [0.25, 0.3) is 0 Å². The number of carbonyl (C=O) groups excluding carboxylic acids is 1. The molecule has 7 heteroatoms. The maximum absolute atomic E-state index is 12.9. The SMILES string of the molecule is C=C(COC(C)=O)OP(=O)(Oc1ccccc1)Oc1ccccc1. The van der Waals surface area contributed by atoms with E-state index < -0.39 is 13.8 Å². The van der Waals surface area contributed by atoms with Crippen molar-refractivity contribution in [3.8, 4) is 11.5 Å². The van der Waals surface area contributed by atoms with Crippen molar-refractivity contribution in [3.05, 3.63) is 73.0 Å². The second kappa shape index (κ2) is 8.22. The van der Waals surface area contributed by atoms with Crippen LogP contribution in [0, 0.1) is 0 Å². The summed E-state index contributed by atoms with van der Waals surface area (Å²) >= 11 is 0. The zero-order chi connectivity index (χ0) is 17.4. The summed E-state index contributed by atoms with van der Waals surface area (Å²) in [6.45, 7) is 4.55. The van der Waals surface area contributed by atoms with E-state index in [2.05, 4.69) is 6.58 Å². The van der Waals surface area contributed by atoms with Crippen molar-refractivity contribution in [2.45, 2.75) is 6.92 Å². The summed E-state index contributed by atoms with van der Waals surface area (Å²) in [7, 11) is -4.07. The van der Waals surface area contributed by atoms with Crippen LogP contribution in [0.2, 0.25) is 0 Å². The summed E-state index contributed by atoms with van der Waals surface area (Å²) in [6.07, 6.45) is 0. The van der Waals surface area contributed by atoms with Gasteiger partial charge in [-0.2, -0.15) is 4.57 Å². The summed E-state index contributed by atoms with van der Waals surface area (Å²) in [4.78, 5) is 10.8. The highest BCUT2D eigenvalue weighted by Gasteiger charge is 2.33. The molecule has 126 valence electrons. The van der Waals surface area contributed by atoms with Crippen molar-refractivity contribution in [2.75, 3.05) is 6.61 Å².